The molecule has 3 heterocycles. The Kier molecular flexibility index (Phi) is 3.85. The number of amides is 1. The van der Waals surface area contributed by atoms with E-state index in [4.69, 9.17) is 0 Å². The van der Waals surface area contributed by atoms with Crippen molar-refractivity contribution in [1.29, 1.82) is 0 Å². The molecule has 0 fully saturated rings. The van der Waals surface area contributed by atoms with E-state index in [-0.39, 0.29) is 18.0 Å². The normalized spacial score (nSPS) is 11.2. The van der Waals surface area contributed by atoms with Gasteiger partial charge in [0.05, 0.1) is 10.2 Å². The number of carbonyl (C=O) groups excluding carboxylic acids is 1. The molecule has 0 saturated carbocycles. The number of nitrogens with zero attached hydrogens (tertiary/aromatic N) is 3. The molecule has 25 heavy (non-hydrogen) atoms. The minimum absolute atomic E-state index is 0.0972. The maximum absolute atomic E-state index is 12.6. The molecule has 0 aliphatic carbocycles. The summed E-state index contributed by atoms with van der Waals surface area (Å²) < 4.78 is 4.02. The lowest BCUT2D eigenvalue weighted by Gasteiger charge is -2.07. The van der Waals surface area contributed by atoms with Crippen LogP contribution >= 0.6 is 11.3 Å². The quantitative estimate of drug-likeness (QED) is 0.613. The molecule has 126 valence electrons. The topological polar surface area (TPSA) is 68.4 Å². The third-order valence-corrected chi connectivity index (χ3v) is 5.02. The minimum Gasteiger partial charge on any atom is -0.350 e. The van der Waals surface area contributed by atoms with E-state index in [1.165, 1.54) is 9.56 Å². The van der Waals surface area contributed by atoms with Gasteiger partial charge in [0.1, 0.15) is 18.4 Å². The second kappa shape index (κ2) is 6.18. The molecule has 0 bridgehead atoms. The van der Waals surface area contributed by atoms with Crippen LogP contribution in [0, 0.1) is 6.92 Å². The SMILES string of the molecule is Cc1cc2c(cc3c(=O)n(CC(=O)NCc4ccccc4)ncn32)s1. The Morgan fingerprint density at radius 1 is 1.20 bits per heavy atom. The van der Waals surface area contributed by atoms with Gasteiger partial charge >= 0.3 is 0 Å². The highest BCUT2D eigenvalue weighted by Gasteiger charge is 2.12. The number of thiophene rings is 1. The highest BCUT2D eigenvalue weighted by Crippen LogP contribution is 2.26. The largest absolute Gasteiger partial charge is 0.350 e. The van der Waals surface area contributed by atoms with Gasteiger partial charge in [-0.25, -0.2) is 4.68 Å². The predicted molar refractivity (Wildman–Crippen MR) is 97.9 cm³/mol. The molecular formula is C18H16N4O2S. The van der Waals surface area contributed by atoms with Crippen LogP contribution in [0.2, 0.25) is 0 Å². The van der Waals surface area contributed by atoms with Crippen LogP contribution < -0.4 is 10.9 Å². The first kappa shape index (κ1) is 15.6. The molecule has 3 aromatic heterocycles. The minimum atomic E-state index is -0.265. The molecule has 7 heteroatoms. The summed E-state index contributed by atoms with van der Waals surface area (Å²) in [5, 5.41) is 6.95. The highest BCUT2D eigenvalue weighted by atomic mass is 32.1. The highest BCUT2D eigenvalue weighted by molar-refractivity contribution is 7.19. The molecule has 0 saturated heterocycles. The van der Waals surface area contributed by atoms with E-state index in [1.807, 2.05) is 49.4 Å². The van der Waals surface area contributed by atoms with Crippen molar-refractivity contribution in [1.82, 2.24) is 19.5 Å². The summed E-state index contributed by atoms with van der Waals surface area (Å²) in [6, 6.07) is 13.5. The molecular weight excluding hydrogens is 336 g/mol. The molecule has 0 radical (unpaired) electrons. The van der Waals surface area contributed by atoms with Crippen LogP contribution in [0.25, 0.3) is 15.7 Å². The number of hydrogen-bond acceptors (Lipinski definition) is 4. The number of hydrogen-bond donors (Lipinski definition) is 1. The van der Waals surface area contributed by atoms with E-state index in [0.29, 0.717) is 12.1 Å². The summed E-state index contributed by atoms with van der Waals surface area (Å²) in [7, 11) is 0. The summed E-state index contributed by atoms with van der Waals surface area (Å²) in [4.78, 5) is 25.9. The Labute approximate surface area is 147 Å². The third-order valence-electron chi connectivity index (χ3n) is 4.04. The lowest BCUT2D eigenvalue weighted by atomic mass is 10.2. The van der Waals surface area contributed by atoms with E-state index in [1.54, 1.807) is 22.1 Å². The number of rotatable bonds is 4. The molecule has 0 aliphatic heterocycles. The predicted octanol–water partition coefficient (Wildman–Crippen LogP) is 2.34. The maximum Gasteiger partial charge on any atom is 0.291 e. The summed E-state index contributed by atoms with van der Waals surface area (Å²) in [6.07, 6.45) is 1.59. The number of benzene rings is 1. The first-order valence-corrected chi connectivity index (χ1v) is 8.71. The van der Waals surface area contributed by atoms with Gasteiger partial charge < -0.3 is 5.32 Å². The molecule has 0 unspecified atom stereocenters. The van der Waals surface area contributed by atoms with Crippen LogP contribution in [-0.4, -0.2) is 20.1 Å². The van der Waals surface area contributed by atoms with Gasteiger partial charge in [-0.3, -0.25) is 14.0 Å². The molecule has 6 nitrogen and oxygen atoms in total. The van der Waals surface area contributed by atoms with Crippen molar-refractivity contribution < 1.29 is 4.79 Å². The number of nitrogens with one attached hydrogen (secondary N) is 1. The number of fused-ring (bicyclic) bond motifs is 3. The van der Waals surface area contributed by atoms with Gasteiger partial charge in [-0.15, -0.1) is 11.3 Å². The van der Waals surface area contributed by atoms with Crippen LogP contribution in [0.5, 0.6) is 0 Å². The lowest BCUT2D eigenvalue weighted by Crippen LogP contribution is -2.33. The average molecular weight is 352 g/mol. The number of aryl methyl sites for hydroxylation is 1. The zero-order valence-corrected chi connectivity index (χ0v) is 14.4. The Hall–Kier alpha value is -2.93. The maximum atomic E-state index is 12.6. The molecule has 4 rings (SSSR count). The summed E-state index contributed by atoms with van der Waals surface area (Å²) in [5.74, 6) is -0.244. The van der Waals surface area contributed by atoms with Crippen molar-refractivity contribution in [2.75, 3.05) is 0 Å². The van der Waals surface area contributed by atoms with Gasteiger partial charge in [0.15, 0.2) is 0 Å². The lowest BCUT2D eigenvalue weighted by molar-refractivity contribution is -0.122. The Morgan fingerprint density at radius 3 is 2.80 bits per heavy atom. The second-order valence-electron chi connectivity index (χ2n) is 5.86. The molecule has 1 aromatic carbocycles. The van der Waals surface area contributed by atoms with Gasteiger partial charge in [0.2, 0.25) is 5.91 Å². The third kappa shape index (κ3) is 2.94. The molecule has 0 atom stereocenters. The fourth-order valence-electron chi connectivity index (χ4n) is 2.82. The Balaban J connectivity index is 1.56. The molecule has 0 aliphatic rings. The van der Waals surface area contributed by atoms with Crippen LogP contribution in [0.4, 0.5) is 0 Å². The monoisotopic (exact) mass is 352 g/mol. The van der Waals surface area contributed by atoms with Gasteiger partial charge in [0, 0.05) is 11.4 Å². The van der Waals surface area contributed by atoms with Crippen molar-refractivity contribution in [3.63, 3.8) is 0 Å². The van der Waals surface area contributed by atoms with E-state index >= 15 is 0 Å². The standard InChI is InChI=1S/C18H16N4O2S/c1-12-7-14-16(25-12)8-15-18(24)22(20-11-21(14)15)10-17(23)19-9-13-5-3-2-4-6-13/h2-8,11H,9-10H2,1H3,(H,19,23). The van der Waals surface area contributed by atoms with Crippen molar-refractivity contribution in [2.24, 2.45) is 0 Å². The fourth-order valence-corrected chi connectivity index (χ4v) is 3.77. The van der Waals surface area contributed by atoms with Gasteiger partial charge in [-0.2, -0.15) is 5.10 Å². The fraction of sp³-hybridized carbons (Fsp3) is 0.167. The Morgan fingerprint density at radius 2 is 2.00 bits per heavy atom. The molecule has 1 N–H and O–H groups in total. The smallest absolute Gasteiger partial charge is 0.291 e. The van der Waals surface area contributed by atoms with Crippen LogP contribution in [0.3, 0.4) is 0 Å². The van der Waals surface area contributed by atoms with Crippen molar-refractivity contribution in [3.8, 4) is 0 Å². The van der Waals surface area contributed by atoms with E-state index < -0.39 is 0 Å². The average Bonchev–Trinajstić information content (AvgIpc) is 3.13. The van der Waals surface area contributed by atoms with Gasteiger partial charge in [0.25, 0.3) is 5.56 Å². The first-order valence-electron chi connectivity index (χ1n) is 7.90. The van der Waals surface area contributed by atoms with Crippen molar-refractivity contribution in [3.05, 3.63) is 69.6 Å². The van der Waals surface area contributed by atoms with Crippen LogP contribution in [0.1, 0.15) is 10.4 Å². The Bertz CT molecular complexity index is 1120. The van der Waals surface area contributed by atoms with Crippen LogP contribution in [-0.2, 0) is 17.9 Å². The first-order chi connectivity index (χ1) is 12.1. The molecule has 1 amide bonds. The van der Waals surface area contributed by atoms with Gasteiger partial charge in [-0.05, 0) is 24.6 Å². The van der Waals surface area contributed by atoms with Crippen molar-refractivity contribution in [2.45, 2.75) is 20.0 Å². The second-order valence-corrected chi connectivity index (χ2v) is 7.15. The zero-order chi connectivity index (χ0) is 17.4. The molecule has 0 spiro atoms. The van der Waals surface area contributed by atoms with E-state index in [9.17, 15) is 9.59 Å². The van der Waals surface area contributed by atoms with E-state index in [0.717, 1.165) is 15.8 Å². The van der Waals surface area contributed by atoms with Gasteiger partial charge in [-0.1, -0.05) is 30.3 Å². The number of aromatic nitrogens is 3. The summed E-state index contributed by atoms with van der Waals surface area (Å²) in [5.41, 5.74) is 2.25. The summed E-state index contributed by atoms with van der Waals surface area (Å²) in [6.45, 7) is 2.36. The number of carbonyl (C=O) groups is 1. The van der Waals surface area contributed by atoms with E-state index in [2.05, 4.69) is 10.4 Å². The summed E-state index contributed by atoms with van der Waals surface area (Å²) >= 11 is 1.64. The van der Waals surface area contributed by atoms with Crippen LogP contribution in [0.15, 0.2) is 53.6 Å². The molecule has 4 aromatic rings. The van der Waals surface area contributed by atoms with Crippen molar-refractivity contribution >= 4 is 33.0 Å². The zero-order valence-electron chi connectivity index (χ0n) is 13.6.